The minimum Gasteiger partial charge on any atom is -0.353 e. The van der Waals surface area contributed by atoms with Crippen LogP contribution in [0.15, 0.2) is 36.4 Å². The standard InChI is InChI=1S/C14H19N3O/c1-3-5-6-11-14(18-4-2)17-13-10-8-7-9-12(13)15-16-17/h6-11,14H,3-5H2,1-2H3. The minimum absolute atomic E-state index is 0.172. The van der Waals surface area contributed by atoms with E-state index in [2.05, 4.69) is 23.3 Å². The molecule has 1 aromatic heterocycles. The van der Waals surface area contributed by atoms with Gasteiger partial charge < -0.3 is 4.74 Å². The number of hydrogen-bond acceptors (Lipinski definition) is 3. The van der Waals surface area contributed by atoms with Crippen LogP contribution >= 0.6 is 0 Å². The van der Waals surface area contributed by atoms with Gasteiger partial charge in [0.15, 0.2) is 6.23 Å². The minimum atomic E-state index is -0.172. The maximum absolute atomic E-state index is 5.71. The summed E-state index contributed by atoms with van der Waals surface area (Å²) in [5.41, 5.74) is 1.89. The van der Waals surface area contributed by atoms with Crippen LogP contribution in [-0.2, 0) is 4.74 Å². The lowest BCUT2D eigenvalue weighted by Crippen LogP contribution is -2.12. The smallest absolute Gasteiger partial charge is 0.171 e. The molecule has 0 aliphatic rings. The van der Waals surface area contributed by atoms with Crippen LogP contribution in [0, 0.1) is 0 Å². The molecule has 0 spiro atoms. The first-order chi connectivity index (χ1) is 8.86. The van der Waals surface area contributed by atoms with Gasteiger partial charge >= 0.3 is 0 Å². The number of nitrogens with zero attached hydrogens (tertiary/aromatic N) is 3. The van der Waals surface area contributed by atoms with Crippen molar-refractivity contribution in [2.45, 2.75) is 32.9 Å². The molecule has 1 aromatic carbocycles. The Morgan fingerprint density at radius 2 is 2.17 bits per heavy atom. The summed E-state index contributed by atoms with van der Waals surface area (Å²) >= 11 is 0. The maximum Gasteiger partial charge on any atom is 0.171 e. The van der Waals surface area contributed by atoms with Gasteiger partial charge in [-0.3, -0.25) is 0 Å². The third kappa shape index (κ3) is 2.76. The van der Waals surface area contributed by atoms with Crippen molar-refractivity contribution in [2.75, 3.05) is 6.61 Å². The molecule has 2 aromatic rings. The number of aromatic nitrogens is 3. The number of fused-ring (bicyclic) bond motifs is 1. The molecule has 4 nitrogen and oxygen atoms in total. The van der Waals surface area contributed by atoms with Crippen LogP contribution in [0.2, 0.25) is 0 Å². The third-order valence-corrected chi connectivity index (χ3v) is 2.71. The van der Waals surface area contributed by atoms with Crippen LogP contribution in [0.5, 0.6) is 0 Å². The zero-order valence-electron chi connectivity index (χ0n) is 10.9. The zero-order valence-corrected chi connectivity index (χ0v) is 10.9. The van der Waals surface area contributed by atoms with Crippen LogP contribution in [0.4, 0.5) is 0 Å². The van der Waals surface area contributed by atoms with Crippen molar-refractivity contribution in [3.8, 4) is 0 Å². The van der Waals surface area contributed by atoms with Crippen LogP contribution in [0.25, 0.3) is 11.0 Å². The van der Waals surface area contributed by atoms with Gasteiger partial charge in [0.05, 0.1) is 5.52 Å². The van der Waals surface area contributed by atoms with Gasteiger partial charge in [-0.1, -0.05) is 36.8 Å². The summed E-state index contributed by atoms with van der Waals surface area (Å²) in [6.45, 7) is 4.79. The van der Waals surface area contributed by atoms with Crippen molar-refractivity contribution < 1.29 is 4.74 Å². The fourth-order valence-electron chi connectivity index (χ4n) is 1.83. The number of allylic oxidation sites excluding steroid dienone is 1. The van der Waals surface area contributed by atoms with E-state index in [4.69, 9.17) is 4.74 Å². The second-order valence-electron chi connectivity index (χ2n) is 4.09. The van der Waals surface area contributed by atoms with E-state index in [1.165, 1.54) is 0 Å². The van der Waals surface area contributed by atoms with Gasteiger partial charge in [0.1, 0.15) is 5.52 Å². The molecule has 2 rings (SSSR count). The molecule has 0 bridgehead atoms. The normalized spacial score (nSPS) is 13.4. The lowest BCUT2D eigenvalue weighted by atomic mass is 10.3. The Balaban J connectivity index is 2.29. The van der Waals surface area contributed by atoms with E-state index in [1.807, 2.05) is 41.9 Å². The molecule has 0 N–H and O–H groups in total. The monoisotopic (exact) mass is 245 g/mol. The van der Waals surface area contributed by atoms with E-state index >= 15 is 0 Å². The molecule has 0 aliphatic heterocycles. The molecule has 0 saturated carbocycles. The summed E-state index contributed by atoms with van der Waals surface area (Å²) in [5, 5.41) is 8.33. The Bertz CT molecular complexity index is 518. The average Bonchev–Trinajstić information content (AvgIpc) is 2.82. The number of benzene rings is 1. The fourth-order valence-corrected chi connectivity index (χ4v) is 1.83. The second-order valence-corrected chi connectivity index (χ2v) is 4.09. The molecule has 0 radical (unpaired) electrons. The topological polar surface area (TPSA) is 39.9 Å². The van der Waals surface area contributed by atoms with E-state index in [1.54, 1.807) is 0 Å². The van der Waals surface area contributed by atoms with Crippen LogP contribution in [-0.4, -0.2) is 21.6 Å². The Kier molecular flexibility index (Phi) is 4.47. The summed E-state index contributed by atoms with van der Waals surface area (Å²) in [6, 6.07) is 7.91. The molecule has 4 heteroatoms. The van der Waals surface area contributed by atoms with Crippen molar-refractivity contribution in [1.29, 1.82) is 0 Å². The number of rotatable bonds is 6. The third-order valence-electron chi connectivity index (χ3n) is 2.71. The van der Waals surface area contributed by atoms with Gasteiger partial charge in [-0.25, -0.2) is 4.68 Å². The average molecular weight is 245 g/mol. The van der Waals surface area contributed by atoms with Crippen LogP contribution in [0.3, 0.4) is 0 Å². The van der Waals surface area contributed by atoms with E-state index in [9.17, 15) is 0 Å². The van der Waals surface area contributed by atoms with Gasteiger partial charge in [0.2, 0.25) is 0 Å². The molecule has 0 saturated heterocycles. The lowest BCUT2D eigenvalue weighted by molar-refractivity contribution is 0.0397. The highest BCUT2D eigenvalue weighted by atomic mass is 16.5. The molecule has 1 atom stereocenters. The molecule has 1 unspecified atom stereocenters. The van der Waals surface area contributed by atoms with Crippen LogP contribution < -0.4 is 0 Å². The second kappa shape index (κ2) is 6.31. The van der Waals surface area contributed by atoms with Gasteiger partial charge in [0, 0.05) is 6.61 Å². The van der Waals surface area contributed by atoms with Crippen molar-refractivity contribution in [3.63, 3.8) is 0 Å². The zero-order chi connectivity index (χ0) is 12.8. The molecule has 1 heterocycles. The number of para-hydroxylation sites is 1. The molecule has 18 heavy (non-hydrogen) atoms. The first-order valence-electron chi connectivity index (χ1n) is 6.45. The van der Waals surface area contributed by atoms with E-state index in [0.29, 0.717) is 6.61 Å². The molecule has 96 valence electrons. The highest BCUT2D eigenvalue weighted by Gasteiger charge is 2.12. The highest BCUT2D eigenvalue weighted by Crippen LogP contribution is 2.17. The Hall–Kier alpha value is -1.68. The van der Waals surface area contributed by atoms with E-state index in [0.717, 1.165) is 23.9 Å². The number of unbranched alkanes of at least 4 members (excludes halogenated alkanes) is 1. The molecule has 0 fully saturated rings. The van der Waals surface area contributed by atoms with Crippen LogP contribution in [0.1, 0.15) is 32.9 Å². The van der Waals surface area contributed by atoms with Gasteiger partial charge in [-0.05, 0) is 31.6 Å². The molecule has 0 amide bonds. The van der Waals surface area contributed by atoms with Gasteiger partial charge in [0.25, 0.3) is 0 Å². The fraction of sp³-hybridized carbons (Fsp3) is 0.429. The molecular weight excluding hydrogens is 226 g/mol. The first-order valence-corrected chi connectivity index (χ1v) is 6.45. The molecule has 0 aliphatic carbocycles. The predicted molar refractivity (Wildman–Crippen MR) is 72.2 cm³/mol. The largest absolute Gasteiger partial charge is 0.353 e. The maximum atomic E-state index is 5.71. The summed E-state index contributed by atoms with van der Waals surface area (Å²) in [4.78, 5) is 0. The van der Waals surface area contributed by atoms with Gasteiger partial charge in [-0.15, -0.1) is 5.10 Å². The van der Waals surface area contributed by atoms with E-state index < -0.39 is 0 Å². The Labute approximate surface area is 107 Å². The van der Waals surface area contributed by atoms with Crippen molar-refractivity contribution in [3.05, 3.63) is 36.4 Å². The Morgan fingerprint density at radius 1 is 1.33 bits per heavy atom. The summed E-state index contributed by atoms with van der Waals surface area (Å²) in [5.74, 6) is 0. The van der Waals surface area contributed by atoms with Gasteiger partial charge in [-0.2, -0.15) is 0 Å². The summed E-state index contributed by atoms with van der Waals surface area (Å²) in [7, 11) is 0. The predicted octanol–water partition coefficient (Wildman–Crippen LogP) is 3.32. The van der Waals surface area contributed by atoms with Crippen molar-refractivity contribution >= 4 is 11.0 Å². The Morgan fingerprint density at radius 3 is 2.94 bits per heavy atom. The lowest BCUT2D eigenvalue weighted by Gasteiger charge is -2.13. The summed E-state index contributed by atoms with van der Waals surface area (Å²) in [6.07, 6.45) is 6.20. The van der Waals surface area contributed by atoms with Crippen molar-refractivity contribution in [1.82, 2.24) is 15.0 Å². The van der Waals surface area contributed by atoms with E-state index in [-0.39, 0.29) is 6.23 Å². The molecular formula is C14H19N3O. The quantitative estimate of drug-likeness (QED) is 0.733. The first kappa shape index (κ1) is 12.8. The highest BCUT2D eigenvalue weighted by molar-refractivity contribution is 5.73. The SMILES string of the molecule is CCCC=CC(OCC)n1nnc2ccccc21. The number of ether oxygens (including phenoxy) is 1. The van der Waals surface area contributed by atoms with Crippen molar-refractivity contribution in [2.24, 2.45) is 0 Å². The number of hydrogen-bond donors (Lipinski definition) is 0. The summed E-state index contributed by atoms with van der Waals surface area (Å²) < 4.78 is 7.54.